The van der Waals surface area contributed by atoms with E-state index in [1.807, 2.05) is 30.3 Å². The molecule has 2 heterocycles. The average Bonchev–Trinajstić information content (AvgIpc) is 3.35. The molecule has 1 fully saturated rings. The number of nitrogens with zero attached hydrogens (tertiary/aromatic N) is 1. The van der Waals surface area contributed by atoms with E-state index in [9.17, 15) is 0 Å². The van der Waals surface area contributed by atoms with E-state index >= 15 is 0 Å². The third-order valence-electron chi connectivity index (χ3n) is 5.77. The van der Waals surface area contributed by atoms with E-state index in [0.29, 0.717) is 18.1 Å². The third kappa shape index (κ3) is 3.33. The van der Waals surface area contributed by atoms with Crippen LogP contribution in [0.15, 0.2) is 42.6 Å². The summed E-state index contributed by atoms with van der Waals surface area (Å²) in [6.07, 6.45) is 3.72. The number of ether oxygens (including phenoxy) is 3. The summed E-state index contributed by atoms with van der Waals surface area (Å²) >= 11 is 0. The largest absolute Gasteiger partial charge is 0.493 e. The first-order chi connectivity index (χ1) is 14.5. The maximum atomic E-state index is 6.33. The lowest BCUT2D eigenvalue weighted by Crippen LogP contribution is -2.29. The van der Waals surface area contributed by atoms with Gasteiger partial charge in [-0.15, -0.1) is 0 Å². The highest BCUT2D eigenvalue weighted by molar-refractivity contribution is 5.89. The van der Waals surface area contributed by atoms with Gasteiger partial charge in [-0.1, -0.05) is 0 Å². The predicted octanol–water partition coefficient (Wildman–Crippen LogP) is 5.00. The minimum atomic E-state index is -0.203. The van der Waals surface area contributed by atoms with Gasteiger partial charge in [0, 0.05) is 39.8 Å². The van der Waals surface area contributed by atoms with E-state index in [1.165, 1.54) is 0 Å². The number of benzene rings is 2. The highest BCUT2D eigenvalue weighted by atomic mass is 16.5. The van der Waals surface area contributed by atoms with Gasteiger partial charge in [-0.05, 0) is 57.0 Å². The second-order valence-corrected chi connectivity index (χ2v) is 8.18. The summed E-state index contributed by atoms with van der Waals surface area (Å²) in [5, 5.41) is 2.02. The molecular formula is C24H25N3O3. The van der Waals surface area contributed by atoms with Gasteiger partial charge in [0.05, 0.1) is 18.2 Å². The van der Waals surface area contributed by atoms with E-state index < -0.39 is 0 Å². The monoisotopic (exact) mass is 403 g/mol. The number of hydrogen-bond acceptors (Lipinski definition) is 5. The van der Waals surface area contributed by atoms with E-state index in [2.05, 4.69) is 29.9 Å². The van der Waals surface area contributed by atoms with E-state index in [0.717, 1.165) is 57.4 Å². The van der Waals surface area contributed by atoms with Crippen molar-refractivity contribution in [1.29, 1.82) is 0 Å². The summed E-state index contributed by atoms with van der Waals surface area (Å²) in [4.78, 5) is 7.87. The molecule has 0 amide bonds. The second-order valence-electron chi connectivity index (χ2n) is 8.18. The lowest BCUT2D eigenvalue weighted by molar-refractivity contribution is 0.264. The van der Waals surface area contributed by atoms with Crippen molar-refractivity contribution in [3.63, 3.8) is 0 Å². The molecule has 6 nitrogen and oxygen atoms in total. The van der Waals surface area contributed by atoms with Crippen LogP contribution in [0.5, 0.6) is 23.0 Å². The van der Waals surface area contributed by atoms with E-state index in [-0.39, 0.29) is 5.54 Å². The first-order valence-electron chi connectivity index (χ1n) is 10.1. The highest BCUT2D eigenvalue weighted by Gasteiger charge is 2.39. The Labute approximate surface area is 175 Å². The predicted molar refractivity (Wildman–Crippen MR) is 118 cm³/mol. The van der Waals surface area contributed by atoms with Gasteiger partial charge < -0.3 is 24.9 Å². The molecule has 5 rings (SSSR count). The Morgan fingerprint density at radius 3 is 2.60 bits per heavy atom. The average molecular weight is 403 g/mol. The number of nitrogens with one attached hydrogen (secondary N) is 1. The molecule has 0 bridgehead atoms. The topological polar surface area (TPSA) is 82.4 Å². The quantitative estimate of drug-likeness (QED) is 0.473. The molecule has 2 aromatic heterocycles. The summed E-state index contributed by atoms with van der Waals surface area (Å²) in [6, 6.07) is 11.8. The first-order valence-corrected chi connectivity index (χ1v) is 10.1. The summed E-state index contributed by atoms with van der Waals surface area (Å²) in [6.45, 7) is 4.60. The Morgan fingerprint density at radius 2 is 1.83 bits per heavy atom. The van der Waals surface area contributed by atoms with Crippen molar-refractivity contribution in [2.75, 3.05) is 13.7 Å². The first kappa shape index (κ1) is 18.8. The molecule has 1 aliphatic carbocycles. The Balaban J connectivity index is 1.52. The number of nitrogens with two attached hydrogens (primary N) is 1. The lowest BCUT2D eigenvalue weighted by Gasteiger charge is -2.16. The molecule has 4 aromatic rings. The standard InChI is InChI=1S/C24H25N3O3/c1-14-10-16-15(2)20(5-4-18(16)27-14)30-21-6-9-26-19-12-23(22(28-3)11-17(19)21)29-13-24(25)7-8-24/h4-6,9-12,27H,7-8,13,25H2,1-3H3. The number of fused-ring (bicyclic) bond motifs is 2. The molecule has 1 saturated carbocycles. The third-order valence-corrected chi connectivity index (χ3v) is 5.77. The van der Waals surface area contributed by atoms with Gasteiger partial charge in [-0.3, -0.25) is 4.98 Å². The van der Waals surface area contributed by atoms with Crippen molar-refractivity contribution in [2.24, 2.45) is 5.73 Å². The number of pyridine rings is 1. The minimum Gasteiger partial charge on any atom is -0.493 e. The fourth-order valence-electron chi connectivity index (χ4n) is 3.71. The Morgan fingerprint density at radius 1 is 1.00 bits per heavy atom. The SMILES string of the molecule is COc1cc2c(Oc3ccc4[nH]c(C)cc4c3C)ccnc2cc1OCC1(N)CC1. The minimum absolute atomic E-state index is 0.203. The molecule has 1 aliphatic rings. The molecule has 3 N–H and O–H groups in total. The van der Waals surface area contributed by atoms with Crippen molar-refractivity contribution >= 4 is 21.8 Å². The van der Waals surface area contributed by atoms with Crippen LogP contribution in [0.3, 0.4) is 0 Å². The second kappa shape index (κ2) is 6.92. The summed E-state index contributed by atoms with van der Waals surface area (Å²) < 4.78 is 17.9. The van der Waals surface area contributed by atoms with Crippen LogP contribution in [-0.2, 0) is 0 Å². The number of aromatic amines is 1. The van der Waals surface area contributed by atoms with E-state index in [1.54, 1.807) is 13.3 Å². The van der Waals surface area contributed by atoms with Crippen LogP contribution < -0.4 is 19.9 Å². The Hall–Kier alpha value is -3.25. The molecule has 154 valence electrons. The molecule has 2 aromatic carbocycles. The van der Waals surface area contributed by atoms with Gasteiger partial charge in [0.15, 0.2) is 11.5 Å². The molecule has 0 atom stereocenters. The van der Waals surface area contributed by atoms with Gasteiger partial charge in [-0.25, -0.2) is 0 Å². The fourth-order valence-corrected chi connectivity index (χ4v) is 3.71. The number of H-pyrrole nitrogens is 1. The van der Waals surface area contributed by atoms with Crippen LogP contribution in [-0.4, -0.2) is 29.2 Å². The zero-order valence-corrected chi connectivity index (χ0v) is 17.4. The van der Waals surface area contributed by atoms with Crippen LogP contribution in [0.1, 0.15) is 24.1 Å². The zero-order chi connectivity index (χ0) is 20.9. The van der Waals surface area contributed by atoms with Crippen LogP contribution >= 0.6 is 0 Å². The number of rotatable bonds is 6. The molecule has 30 heavy (non-hydrogen) atoms. The Bertz CT molecular complexity index is 1260. The van der Waals surface area contributed by atoms with Crippen molar-refractivity contribution in [3.8, 4) is 23.0 Å². The summed E-state index contributed by atoms with van der Waals surface area (Å²) in [5.74, 6) is 2.81. The Kier molecular flexibility index (Phi) is 4.33. The van der Waals surface area contributed by atoms with Crippen LogP contribution in [0.4, 0.5) is 0 Å². The summed E-state index contributed by atoms with van der Waals surface area (Å²) in [7, 11) is 1.63. The summed E-state index contributed by atoms with van der Waals surface area (Å²) in [5.41, 5.74) is 10.1. The molecule has 6 heteroatoms. The maximum absolute atomic E-state index is 6.33. The number of aromatic nitrogens is 2. The van der Waals surface area contributed by atoms with Gasteiger partial charge in [0.25, 0.3) is 0 Å². The molecule has 0 unspecified atom stereocenters. The fraction of sp³-hybridized carbons (Fsp3) is 0.292. The molecule has 0 saturated heterocycles. The van der Waals surface area contributed by atoms with Crippen molar-refractivity contribution in [2.45, 2.75) is 32.2 Å². The van der Waals surface area contributed by atoms with Crippen LogP contribution in [0.2, 0.25) is 0 Å². The molecule has 0 spiro atoms. The number of hydrogen-bond donors (Lipinski definition) is 2. The van der Waals surface area contributed by atoms with Crippen molar-refractivity contribution < 1.29 is 14.2 Å². The van der Waals surface area contributed by atoms with Gasteiger partial charge in [-0.2, -0.15) is 0 Å². The highest BCUT2D eigenvalue weighted by Crippen LogP contribution is 2.40. The number of aryl methyl sites for hydroxylation is 2. The maximum Gasteiger partial charge on any atom is 0.163 e. The number of methoxy groups -OCH3 is 1. The van der Waals surface area contributed by atoms with Crippen LogP contribution in [0, 0.1) is 13.8 Å². The smallest absolute Gasteiger partial charge is 0.163 e. The van der Waals surface area contributed by atoms with Crippen LogP contribution in [0.25, 0.3) is 21.8 Å². The van der Waals surface area contributed by atoms with Gasteiger partial charge >= 0.3 is 0 Å². The van der Waals surface area contributed by atoms with Crippen molar-refractivity contribution in [3.05, 3.63) is 53.9 Å². The van der Waals surface area contributed by atoms with Gasteiger partial charge in [0.1, 0.15) is 18.1 Å². The molecular weight excluding hydrogens is 378 g/mol. The molecule has 0 aliphatic heterocycles. The van der Waals surface area contributed by atoms with E-state index in [4.69, 9.17) is 19.9 Å². The normalized spacial score (nSPS) is 14.8. The van der Waals surface area contributed by atoms with Crippen molar-refractivity contribution in [1.82, 2.24) is 9.97 Å². The van der Waals surface area contributed by atoms with Gasteiger partial charge in [0.2, 0.25) is 0 Å². The lowest BCUT2D eigenvalue weighted by atomic mass is 10.1. The zero-order valence-electron chi connectivity index (χ0n) is 17.4. The molecule has 0 radical (unpaired) electrons.